The molecular weight excluding hydrogens is 336 g/mol. The fourth-order valence-corrected chi connectivity index (χ4v) is 2.65. The molecule has 0 bridgehead atoms. The second-order valence-electron chi connectivity index (χ2n) is 6.64. The highest BCUT2D eigenvalue weighted by molar-refractivity contribution is 5.94. The Morgan fingerprint density at radius 2 is 1.85 bits per heavy atom. The molecule has 0 radical (unpaired) electrons. The van der Waals surface area contributed by atoms with E-state index in [-0.39, 0.29) is 11.9 Å². The first kappa shape index (κ1) is 18.6. The lowest BCUT2D eigenvalue weighted by Gasteiger charge is -2.12. The smallest absolute Gasteiger partial charge is 0.251 e. The van der Waals surface area contributed by atoms with Crippen LogP contribution < -0.4 is 10.6 Å². The van der Waals surface area contributed by atoms with Crippen molar-refractivity contribution in [3.05, 3.63) is 72.1 Å². The van der Waals surface area contributed by atoms with E-state index >= 15 is 0 Å². The molecular formula is C22H24N4O. The Morgan fingerprint density at radius 3 is 2.56 bits per heavy atom. The maximum Gasteiger partial charge on any atom is 0.251 e. The van der Waals surface area contributed by atoms with Gasteiger partial charge in [-0.1, -0.05) is 30.7 Å². The first-order valence-corrected chi connectivity index (χ1v) is 9.12. The normalized spacial score (nSPS) is 11.7. The van der Waals surface area contributed by atoms with E-state index in [0.29, 0.717) is 11.4 Å². The van der Waals surface area contributed by atoms with E-state index < -0.39 is 0 Å². The number of hydrogen-bond acceptors (Lipinski definition) is 4. The monoisotopic (exact) mass is 360 g/mol. The van der Waals surface area contributed by atoms with E-state index in [0.717, 1.165) is 23.4 Å². The number of aromatic nitrogens is 2. The molecule has 0 spiro atoms. The first-order valence-electron chi connectivity index (χ1n) is 9.12. The maximum atomic E-state index is 12.2. The second-order valence-corrected chi connectivity index (χ2v) is 6.64. The third-order valence-electron chi connectivity index (χ3n) is 4.39. The van der Waals surface area contributed by atoms with Crippen LogP contribution in [0, 0.1) is 6.92 Å². The number of carbonyl (C=O) groups is 1. The van der Waals surface area contributed by atoms with E-state index in [1.165, 1.54) is 5.56 Å². The fourth-order valence-electron chi connectivity index (χ4n) is 2.65. The summed E-state index contributed by atoms with van der Waals surface area (Å²) in [5.74, 6) is 0.651. The summed E-state index contributed by atoms with van der Waals surface area (Å²) in [7, 11) is 0. The molecule has 5 nitrogen and oxygen atoms in total. The molecule has 138 valence electrons. The lowest BCUT2D eigenvalue weighted by atomic mass is 10.1. The van der Waals surface area contributed by atoms with Crippen LogP contribution in [0.4, 0.5) is 11.5 Å². The predicted octanol–water partition coefficient (Wildman–Crippen LogP) is 4.72. The summed E-state index contributed by atoms with van der Waals surface area (Å²) in [5, 5.41) is 6.23. The molecule has 5 heteroatoms. The molecule has 1 unspecified atom stereocenters. The van der Waals surface area contributed by atoms with Gasteiger partial charge in [0.25, 0.3) is 5.91 Å². The molecule has 2 N–H and O–H groups in total. The molecule has 0 saturated heterocycles. The number of nitrogens with one attached hydrogen (secondary N) is 2. The van der Waals surface area contributed by atoms with Crippen LogP contribution in [0.2, 0.25) is 0 Å². The summed E-state index contributed by atoms with van der Waals surface area (Å²) in [6.07, 6.45) is 2.45. The van der Waals surface area contributed by atoms with Crippen molar-refractivity contribution in [1.82, 2.24) is 15.3 Å². The van der Waals surface area contributed by atoms with Gasteiger partial charge in [0.2, 0.25) is 0 Å². The Labute approximate surface area is 159 Å². The minimum absolute atomic E-state index is 0.0559. The van der Waals surface area contributed by atoms with Gasteiger partial charge in [-0.05, 0) is 50.6 Å². The van der Waals surface area contributed by atoms with Gasteiger partial charge in [0, 0.05) is 28.9 Å². The molecule has 27 heavy (non-hydrogen) atoms. The van der Waals surface area contributed by atoms with Crippen LogP contribution in [0.3, 0.4) is 0 Å². The average Bonchev–Trinajstić information content (AvgIpc) is 2.68. The number of anilines is 2. The van der Waals surface area contributed by atoms with Crippen LogP contribution in [0.5, 0.6) is 0 Å². The Hall–Kier alpha value is -3.21. The zero-order chi connectivity index (χ0) is 19.2. The highest BCUT2D eigenvalue weighted by atomic mass is 16.1. The lowest BCUT2D eigenvalue weighted by molar-refractivity contribution is 0.0939. The van der Waals surface area contributed by atoms with Crippen LogP contribution in [0.15, 0.2) is 60.9 Å². The quantitative estimate of drug-likeness (QED) is 0.667. The van der Waals surface area contributed by atoms with Gasteiger partial charge in [-0.2, -0.15) is 0 Å². The van der Waals surface area contributed by atoms with Crippen molar-refractivity contribution in [3.8, 4) is 11.3 Å². The summed E-state index contributed by atoms with van der Waals surface area (Å²) in [4.78, 5) is 20.8. The average molecular weight is 360 g/mol. The highest BCUT2D eigenvalue weighted by Gasteiger charge is 2.08. The molecule has 2 aromatic carbocycles. The number of rotatable bonds is 6. The molecule has 1 aromatic heterocycles. The third-order valence-corrected chi connectivity index (χ3v) is 4.39. The number of carbonyl (C=O) groups excluding carboxylic acids is 1. The van der Waals surface area contributed by atoms with Crippen molar-refractivity contribution in [2.24, 2.45) is 0 Å². The van der Waals surface area contributed by atoms with Crippen LogP contribution in [-0.2, 0) is 0 Å². The fraction of sp³-hybridized carbons (Fsp3) is 0.227. The SMILES string of the molecule is CCC(C)NC(=O)c1ccc(Nc2cc(-c3cccc(C)c3)ncn2)cc1. The van der Waals surface area contributed by atoms with Gasteiger partial charge in [0.1, 0.15) is 12.1 Å². The Bertz CT molecular complexity index is 922. The number of hydrogen-bond donors (Lipinski definition) is 2. The number of amides is 1. The topological polar surface area (TPSA) is 66.9 Å². The molecule has 3 aromatic rings. The molecule has 0 aliphatic carbocycles. The molecule has 3 rings (SSSR count). The third kappa shape index (κ3) is 4.91. The van der Waals surface area contributed by atoms with Gasteiger partial charge >= 0.3 is 0 Å². The number of nitrogens with zero attached hydrogens (tertiary/aromatic N) is 2. The minimum atomic E-state index is -0.0559. The van der Waals surface area contributed by atoms with Gasteiger partial charge < -0.3 is 10.6 Å². The highest BCUT2D eigenvalue weighted by Crippen LogP contribution is 2.22. The Balaban J connectivity index is 1.72. The zero-order valence-electron chi connectivity index (χ0n) is 15.9. The largest absolute Gasteiger partial charge is 0.350 e. The van der Waals surface area contributed by atoms with Crippen LogP contribution in [0.25, 0.3) is 11.3 Å². The molecule has 0 fully saturated rings. The standard InChI is InChI=1S/C22H24N4O/c1-4-16(3)25-22(27)17-8-10-19(11-9-17)26-21-13-20(23-14-24-21)18-7-5-6-15(2)12-18/h5-14,16H,4H2,1-3H3,(H,25,27)(H,23,24,26). The van der Waals surface area contributed by atoms with E-state index in [2.05, 4.69) is 39.7 Å². The summed E-state index contributed by atoms with van der Waals surface area (Å²) in [6, 6.07) is 17.6. The van der Waals surface area contributed by atoms with Gasteiger partial charge in [-0.25, -0.2) is 9.97 Å². The van der Waals surface area contributed by atoms with Gasteiger partial charge in [0.15, 0.2) is 0 Å². The predicted molar refractivity (Wildman–Crippen MR) is 109 cm³/mol. The molecule has 1 atom stereocenters. The number of aryl methyl sites for hydroxylation is 1. The van der Waals surface area contributed by atoms with Gasteiger partial charge in [0.05, 0.1) is 5.69 Å². The van der Waals surface area contributed by atoms with Gasteiger partial charge in [-0.15, -0.1) is 0 Å². The Morgan fingerprint density at radius 1 is 1.07 bits per heavy atom. The van der Waals surface area contributed by atoms with E-state index in [4.69, 9.17) is 0 Å². The van der Waals surface area contributed by atoms with Crippen molar-refractivity contribution >= 4 is 17.4 Å². The summed E-state index contributed by atoms with van der Waals surface area (Å²) in [5.41, 5.74) is 4.61. The van der Waals surface area contributed by atoms with Crippen LogP contribution >= 0.6 is 0 Å². The molecule has 0 aliphatic rings. The molecule has 0 aliphatic heterocycles. The van der Waals surface area contributed by atoms with Crippen LogP contribution in [0.1, 0.15) is 36.2 Å². The van der Waals surface area contributed by atoms with Crippen molar-refractivity contribution in [2.45, 2.75) is 33.2 Å². The summed E-state index contributed by atoms with van der Waals surface area (Å²) in [6.45, 7) is 6.10. The van der Waals surface area contributed by atoms with Crippen molar-refractivity contribution < 1.29 is 4.79 Å². The Kier molecular flexibility index (Phi) is 5.81. The van der Waals surface area contributed by atoms with Crippen LogP contribution in [-0.4, -0.2) is 21.9 Å². The molecule has 0 saturated carbocycles. The summed E-state index contributed by atoms with van der Waals surface area (Å²) < 4.78 is 0. The second kappa shape index (κ2) is 8.45. The van der Waals surface area contributed by atoms with Crippen molar-refractivity contribution in [3.63, 3.8) is 0 Å². The lowest BCUT2D eigenvalue weighted by Crippen LogP contribution is -2.31. The summed E-state index contributed by atoms with van der Waals surface area (Å²) >= 11 is 0. The van der Waals surface area contributed by atoms with E-state index in [9.17, 15) is 4.79 Å². The first-order chi connectivity index (χ1) is 13.0. The molecule has 1 amide bonds. The van der Waals surface area contributed by atoms with E-state index in [1.807, 2.05) is 56.3 Å². The maximum absolute atomic E-state index is 12.2. The zero-order valence-corrected chi connectivity index (χ0v) is 15.9. The minimum Gasteiger partial charge on any atom is -0.350 e. The molecule has 1 heterocycles. The van der Waals surface area contributed by atoms with Crippen molar-refractivity contribution in [2.75, 3.05) is 5.32 Å². The van der Waals surface area contributed by atoms with Gasteiger partial charge in [-0.3, -0.25) is 4.79 Å². The van der Waals surface area contributed by atoms with Crippen molar-refractivity contribution in [1.29, 1.82) is 0 Å². The number of benzene rings is 2. The van der Waals surface area contributed by atoms with E-state index in [1.54, 1.807) is 6.33 Å².